The first-order valence-corrected chi connectivity index (χ1v) is 11.0. The molecule has 0 bridgehead atoms. The van der Waals surface area contributed by atoms with E-state index in [1.165, 1.54) is 17.1 Å². The Morgan fingerprint density at radius 3 is 1.88 bits per heavy atom. The second kappa shape index (κ2) is 12.7. The summed E-state index contributed by atoms with van der Waals surface area (Å²) < 4.78 is 10.2. The molecule has 0 heterocycles. The molecule has 184 valence electrons. The van der Waals surface area contributed by atoms with Crippen LogP contribution in [0.4, 0.5) is 4.79 Å². The van der Waals surface area contributed by atoms with Crippen LogP contribution in [0, 0.1) is 0 Å². The van der Waals surface area contributed by atoms with Gasteiger partial charge in [-0.3, -0.25) is 20.0 Å². The second-order valence-electron chi connectivity index (χ2n) is 8.76. The zero-order valence-electron chi connectivity index (χ0n) is 20.5. The van der Waals surface area contributed by atoms with Gasteiger partial charge in [-0.25, -0.2) is 14.8 Å². The minimum atomic E-state index is -0.684. The van der Waals surface area contributed by atoms with Crippen molar-refractivity contribution >= 4 is 18.0 Å². The number of amides is 2. The minimum Gasteiger partial charge on any atom is -0.468 e. The summed E-state index contributed by atoms with van der Waals surface area (Å²) >= 11 is 0. The highest BCUT2D eigenvalue weighted by Crippen LogP contribution is 2.10. The van der Waals surface area contributed by atoms with Crippen molar-refractivity contribution < 1.29 is 23.9 Å². The average molecular weight is 471 g/mol. The summed E-state index contributed by atoms with van der Waals surface area (Å²) in [5, 5.41) is 4.46. The normalized spacial score (nSPS) is 11.3. The largest absolute Gasteiger partial charge is 0.468 e. The minimum absolute atomic E-state index is 0.105. The van der Waals surface area contributed by atoms with Crippen LogP contribution in [0.1, 0.15) is 31.9 Å². The van der Waals surface area contributed by atoms with E-state index in [9.17, 15) is 14.4 Å². The summed E-state index contributed by atoms with van der Waals surface area (Å²) in [6.07, 6.45) is -0.658. The molecule has 9 heteroatoms. The Hall–Kier alpha value is -3.43. The number of nitrogens with zero attached hydrogens (tertiary/aromatic N) is 3. The molecule has 9 nitrogen and oxygen atoms in total. The van der Waals surface area contributed by atoms with Gasteiger partial charge in [-0.05, 0) is 31.9 Å². The molecule has 0 unspecified atom stereocenters. The molecule has 0 aliphatic rings. The number of nitrogens with one attached hydrogen (secondary N) is 1. The van der Waals surface area contributed by atoms with Crippen LogP contribution in [0.5, 0.6) is 0 Å². The van der Waals surface area contributed by atoms with Gasteiger partial charge >= 0.3 is 12.1 Å². The van der Waals surface area contributed by atoms with Gasteiger partial charge in [0.25, 0.3) is 5.91 Å². The lowest BCUT2D eigenvalue weighted by Gasteiger charge is -2.33. The Labute approximate surface area is 201 Å². The smallest absolute Gasteiger partial charge is 0.422 e. The topological polar surface area (TPSA) is 91.4 Å². The maximum atomic E-state index is 13.2. The van der Waals surface area contributed by atoms with Gasteiger partial charge in [0.05, 0.1) is 13.7 Å². The molecule has 0 aliphatic carbocycles. The Bertz CT molecular complexity index is 931. The highest BCUT2D eigenvalue weighted by molar-refractivity contribution is 5.79. The van der Waals surface area contributed by atoms with Gasteiger partial charge in [0.15, 0.2) is 0 Å². The Morgan fingerprint density at radius 2 is 1.38 bits per heavy atom. The number of carbonyl (C=O) groups excluding carboxylic acids is 3. The monoisotopic (exact) mass is 470 g/mol. The van der Waals surface area contributed by atoms with Crippen LogP contribution in [-0.2, 0) is 32.2 Å². The molecule has 2 aromatic rings. The highest BCUT2D eigenvalue weighted by atomic mass is 16.6. The van der Waals surface area contributed by atoms with E-state index in [-0.39, 0.29) is 25.5 Å². The van der Waals surface area contributed by atoms with Gasteiger partial charge < -0.3 is 9.47 Å². The first-order chi connectivity index (χ1) is 16.1. The summed E-state index contributed by atoms with van der Waals surface area (Å²) in [5.41, 5.74) is 3.82. The molecular weight excluding hydrogens is 436 g/mol. The van der Waals surface area contributed by atoms with E-state index in [1.807, 2.05) is 60.7 Å². The molecule has 2 amide bonds. The first-order valence-electron chi connectivity index (χ1n) is 11.0. The van der Waals surface area contributed by atoms with E-state index in [0.29, 0.717) is 6.54 Å². The molecule has 0 atom stereocenters. The molecule has 0 aromatic heterocycles. The molecular formula is C25H34N4O5. The van der Waals surface area contributed by atoms with Gasteiger partial charge in [0, 0.05) is 20.1 Å². The number of hydrogen-bond acceptors (Lipinski definition) is 7. The predicted molar refractivity (Wildman–Crippen MR) is 128 cm³/mol. The summed E-state index contributed by atoms with van der Waals surface area (Å²) in [5.74, 6) is -0.796. The lowest BCUT2D eigenvalue weighted by Crippen LogP contribution is -2.53. The fourth-order valence-electron chi connectivity index (χ4n) is 3.07. The molecule has 0 aliphatic heterocycles. The van der Waals surface area contributed by atoms with Crippen LogP contribution in [0.3, 0.4) is 0 Å². The number of likely N-dealkylation sites (N-methyl/N-ethyl adjacent to an activating group) is 1. The van der Waals surface area contributed by atoms with Crippen molar-refractivity contribution in [3.8, 4) is 0 Å². The average Bonchev–Trinajstić information content (AvgIpc) is 2.78. The van der Waals surface area contributed by atoms with E-state index >= 15 is 0 Å². The predicted octanol–water partition coefficient (Wildman–Crippen LogP) is 2.98. The van der Waals surface area contributed by atoms with Gasteiger partial charge in [-0.15, -0.1) is 0 Å². The summed E-state index contributed by atoms with van der Waals surface area (Å²) in [6.45, 7) is 5.67. The fourth-order valence-corrected chi connectivity index (χ4v) is 3.07. The van der Waals surface area contributed by atoms with Crippen LogP contribution in [-0.4, -0.2) is 65.8 Å². The van der Waals surface area contributed by atoms with Crippen LogP contribution < -0.4 is 5.43 Å². The standard InChI is InChI=1S/C25H34N4O5/c1-25(2,3)34-24(32)26-28(16-20-12-8-6-9-13-20)18-22(30)27(4)29(19-23(31)33-5)17-21-14-10-7-11-15-21/h6-15H,16-19H2,1-5H3,(H,26,32). The van der Waals surface area contributed by atoms with Crippen molar-refractivity contribution in [2.75, 3.05) is 27.2 Å². The third kappa shape index (κ3) is 9.60. The van der Waals surface area contributed by atoms with Crippen LogP contribution >= 0.6 is 0 Å². The Balaban J connectivity index is 2.16. The van der Waals surface area contributed by atoms with Gasteiger partial charge in [0.1, 0.15) is 12.1 Å². The number of rotatable bonds is 10. The van der Waals surface area contributed by atoms with E-state index < -0.39 is 17.7 Å². The molecule has 0 fully saturated rings. The van der Waals surface area contributed by atoms with Crippen molar-refractivity contribution in [1.82, 2.24) is 20.5 Å². The number of esters is 1. The number of benzene rings is 2. The molecule has 0 saturated carbocycles. The maximum absolute atomic E-state index is 13.2. The molecule has 1 N–H and O–H groups in total. The van der Waals surface area contributed by atoms with E-state index in [0.717, 1.165) is 11.1 Å². The lowest BCUT2D eigenvalue weighted by atomic mass is 10.2. The Kier molecular flexibility index (Phi) is 10.0. The van der Waals surface area contributed by atoms with E-state index in [1.54, 1.807) is 32.8 Å². The van der Waals surface area contributed by atoms with Crippen molar-refractivity contribution in [2.24, 2.45) is 0 Å². The Morgan fingerprint density at radius 1 is 0.853 bits per heavy atom. The first kappa shape index (κ1) is 26.8. The van der Waals surface area contributed by atoms with Crippen molar-refractivity contribution in [1.29, 1.82) is 0 Å². The van der Waals surface area contributed by atoms with Crippen LogP contribution in [0.15, 0.2) is 60.7 Å². The zero-order valence-corrected chi connectivity index (χ0v) is 20.5. The van der Waals surface area contributed by atoms with Gasteiger partial charge in [-0.2, -0.15) is 0 Å². The van der Waals surface area contributed by atoms with Gasteiger partial charge in [-0.1, -0.05) is 60.7 Å². The zero-order chi connectivity index (χ0) is 25.1. The van der Waals surface area contributed by atoms with Crippen molar-refractivity contribution in [2.45, 2.75) is 39.5 Å². The quantitative estimate of drug-likeness (QED) is 0.422. The SMILES string of the molecule is COC(=O)CN(Cc1ccccc1)N(C)C(=O)CN(Cc1ccccc1)NC(=O)OC(C)(C)C. The van der Waals surface area contributed by atoms with Crippen molar-refractivity contribution in [3.63, 3.8) is 0 Å². The summed E-state index contributed by atoms with van der Waals surface area (Å²) in [7, 11) is 2.89. The maximum Gasteiger partial charge on any atom is 0.422 e. The van der Waals surface area contributed by atoms with Crippen LogP contribution in [0.25, 0.3) is 0 Å². The second-order valence-corrected chi connectivity index (χ2v) is 8.76. The fraction of sp³-hybridized carbons (Fsp3) is 0.400. The molecule has 0 radical (unpaired) electrons. The molecule has 34 heavy (non-hydrogen) atoms. The molecule has 2 aromatic carbocycles. The third-order valence-corrected chi connectivity index (χ3v) is 4.72. The molecule has 0 saturated heterocycles. The molecule has 0 spiro atoms. The van der Waals surface area contributed by atoms with Crippen LogP contribution in [0.2, 0.25) is 0 Å². The molecule has 2 rings (SSSR count). The number of methoxy groups -OCH3 is 1. The van der Waals surface area contributed by atoms with Crippen molar-refractivity contribution in [3.05, 3.63) is 71.8 Å². The third-order valence-electron chi connectivity index (χ3n) is 4.72. The number of carbonyl (C=O) groups is 3. The van der Waals surface area contributed by atoms with E-state index in [4.69, 9.17) is 9.47 Å². The lowest BCUT2D eigenvalue weighted by molar-refractivity contribution is -0.157. The number of ether oxygens (including phenoxy) is 2. The number of hydrogen-bond donors (Lipinski definition) is 1. The van der Waals surface area contributed by atoms with E-state index in [2.05, 4.69) is 5.43 Å². The highest BCUT2D eigenvalue weighted by Gasteiger charge is 2.25. The van der Waals surface area contributed by atoms with Gasteiger partial charge in [0.2, 0.25) is 0 Å². The summed E-state index contributed by atoms with van der Waals surface area (Å²) in [4.78, 5) is 37.6. The number of hydrazine groups is 2. The summed E-state index contributed by atoms with van der Waals surface area (Å²) in [6, 6.07) is 18.9.